The first kappa shape index (κ1) is 51.0. The Morgan fingerprint density at radius 3 is 1.43 bits per heavy atom. The Kier molecular flexibility index (Phi) is 35.5. The summed E-state index contributed by atoms with van der Waals surface area (Å²) in [6.45, 7) is 2.75. The molecule has 0 aliphatic rings. The van der Waals surface area contributed by atoms with E-state index in [1.807, 2.05) is 0 Å². The summed E-state index contributed by atoms with van der Waals surface area (Å²) in [5, 5.41) is 8.87. The summed E-state index contributed by atoms with van der Waals surface area (Å²) < 4.78 is 32.6. The number of esters is 2. The van der Waals surface area contributed by atoms with Crippen molar-refractivity contribution in [2.24, 2.45) is 5.73 Å². The zero-order chi connectivity index (χ0) is 39.3. The first-order chi connectivity index (χ1) is 25.6. The summed E-state index contributed by atoms with van der Waals surface area (Å²) in [5.41, 5.74) is 5.32. The maximum atomic E-state index is 12.6. The van der Waals surface area contributed by atoms with Gasteiger partial charge in [0.2, 0.25) is 0 Å². The number of phosphoric ester groups is 1. The lowest BCUT2D eigenvalue weighted by atomic mass is 10.1. The number of nitrogens with two attached hydrogens (primary N) is 1. The number of carbonyl (C=O) groups is 3. The minimum Gasteiger partial charge on any atom is -0.480 e. The van der Waals surface area contributed by atoms with Crippen LogP contribution in [0.4, 0.5) is 0 Å². The van der Waals surface area contributed by atoms with Crippen LogP contribution in [0.3, 0.4) is 0 Å². The van der Waals surface area contributed by atoms with Gasteiger partial charge in [0.05, 0.1) is 13.2 Å². The highest BCUT2D eigenvalue weighted by molar-refractivity contribution is 7.47. The van der Waals surface area contributed by atoms with Crippen molar-refractivity contribution in [2.75, 3.05) is 19.8 Å². The maximum absolute atomic E-state index is 12.6. The van der Waals surface area contributed by atoms with Crippen molar-refractivity contribution in [3.63, 3.8) is 0 Å². The molecule has 310 valence electrons. The second kappa shape index (κ2) is 36.9. The van der Waals surface area contributed by atoms with Crippen molar-refractivity contribution in [2.45, 2.75) is 199 Å². The van der Waals surface area contributed by atoms with Crippen molar-refractivity contribution in [1.29, 1.82) is 0 Å². The molecule has 53 heavy (non-hydrogen) atoms. The van der Waals surface area contributed by atoms with Gasteiger partial charge in [-0.25, -0.2) is 4.57 Å². The van der Waals surface area contributed by atoms with Gasteiger partial charge < -0.3 is 25.2 Å². The molecule has 0 amide bonds. The van der Waals surface area contributed by atoms with Gasteiger partial charge in [0.15, 0.2) is 6.10 Å². The van der Waals surface area contributed by atoms with Gasteiger partial charge in [-0.15, -0.1) is 0 Å². The smallest absolute Gasteiger partial charge is 0.472 e. The normalized spacial score (nSPS) is 14.0. The van der Waals surface area contributed by atoms with Gasteiger partial charge in [-0.05, 0) is 57.8 Å². The molecule has 0 aliphatic heterocycles. The summed E-state index contributed by atoms with van der Waals surface area (Å²) in [4.78, 5) is 45.9. The zero-order valence-electron chi connectivity index (χ0n) is 33.4. The quantitative estimate of drug-likeness (QED) is 0.0235. The molecular weight excluding hydrogens is 697 g/mol. The Balaban J connectivity index is 4.39. The number of unbranched alkanes of at least 4 members (excludes halogenated alkanes) is 21. The molecule has 0 aromatic carbocycles. The lowest BCUT2D eigenvalue weighted by molar-refractivity contribution is -0.161. The monoisotopic (exact) mass is 774 g/mol. The van der Waals surface area contributed by atoms with E-state index in [0.717, 1.165) is 57.8 Å². The Morgan fingerprint density at radius 2 is 0.962 bits per heavy atom. The number of phosphoric acid groups is 1. The van der Waals surface area contributed by atoms with Crippen LogP contribution in [0.1, 0.15) is 187 Å². The molecule has 0 aromatic rings. The van der Waals surface area contributed by atoms with Gasteiger partial charge in [0.25, 0.3) is 0 Å². The first-order valence-electron chi connectivity index (χ1n) is 20.9. The second-order valence-corrected chi connectivity index (χ2v) is 15.6. The van der Waals surface area contributed by atoms with E-state index in [1.165, 1.54) is 89.9 Å². The third-order valence-electron chi connectivity index (χ3n) is 8.92. The largest absolute Gasteiger partial charge is 0.480 e. The number of ether oxygens (including phenoxy) is 2. The molecule has 0 saturated carbocycles. The number of aliphatic carboxylic acids is 1. The minimum absolute atomic E-state index is 0.159. The number of allylic oxidation sites excluding steroid dienone is 4. The first-order valence-corrected chi connectivity index (χ1v) is 22.4. The van der Waals surface area contributed by atoms with E-state index in [2.05, 4.69) is 42.7 Å². The van der Waals surface area contributed by atoms with Crippen LogP contribution in [-0.4, -0.2) is 59.9 Å². The molecule has 0 saturated heterocycles. The van der Waals surface area contributed by atoms with Crippen LogP contribution in [0.5, 0.6) is 0 Å². The highest BCUT2D eigenvalue weighted by Crippen LogP contribution is 2.43. The van der Waals surface area contributed by atoms with Gasteiger partial charge in [-0.1, -0.05) is 141 Å². The SMILES string of the molecule is CCCC/C=C/CCCCCCCCCCCC(=O)O[C@H](COC(=O)CCCCCCC/C=C/CCCCCCC)COP(=O)(O)OC[C@H](N)C(=O)O. The van der Waals surface area contributed by atoms with E-state index in [-0.39, 0.29) is 19.4 Å². The predicted molar refractivity (Wildman–Crippen MR) is 212 cm³/mol. The zero-order valence-corrected chi connectivity index (χ0v) is 34.3. The summed E-state index contributed by atoms with van der Waals surface area (Å²) in [5.74, 6) is -2.39. The number of carboxylic acid groups (broad SMARTS) is 1. The summed E-state index contributed by atoms with van der Waals surface area (Å²) in [6.07, 6.45) is 36.7. The van der Waals surface area contributed by atoms with E-state index in [1.54, 1.807) is 0 Å². The Morgan fingerprint density at radius 1 is 0.566 bits per heavy atom. The summed E-state index contributed by atoms with van der Waals surface area (Å²) in [7, 11) is -4.71. The molecule has 4 N–H and O–H groups in total. The summed E-state index contributed by atoms with van der Waals surface area (Å²) >= 11 is 0. The van der Waals surface area contributed by atoms with Crippen molar-refractivity contribution in [1.82, 2.24) is 0 Å². The van der Waals surface area contributed by atoms with Crippen molar-refractivity contribution in [3.05, 3.63) is 24.3 Å². The average Bonchev–Trinajstić information content (AvgIpc) is 3.13. The number of hydrogen-bond acceptors (Lipinski definition) is 9. The van der Waals surface area contributed by atoms with Crippen LogP contribution in [0.25, 0.3) is 0 Å². The number of rotatable bonds is 39. The lowest BCUT2D eigenvalue weighted by Crippen LogP contribution is -2.34. The number of carbonyl (C=O) groups excluding carboxylic acids is 2. The van der Waals surface area contributed by atoms with E-state index < -0.39 is 51.1 Å². The van der Waals surface area contributed by atoms with Gasteiger partial charge in [0, 0.05) is 12.8 Å². The highest BCUT2D eigenvalue weighted by atomic mass is 31.2. The van der Waals surface area contributed by atoms with Crippen molar-refractivity contribution >= 4 is 25.7 Å². The third-order valence-corrected chi connectivity index (χ3v) is 9.87. The molecule has 0 aromatic heterocycles. The van der Waals surface area contributed by atoms with Crippen molar-refractivity contribution < 1.29 is 47.5 Å². The van der Waals surface area contributed by atoms with Gasteiger partial charge in [-0.2, -0.15) is 0 Å². The van der Waals surface area contributed by atoms with E-state index >= 15 is 0 Å². The molecule has 3 atom stereocenters. The Bertz CT molecular complexity index is 1010. The molecule has 11 nitrogen and oxygen atoms in total. The molecule has 0 aliphatic carbocycles. The molecule has 1 unspecified atom stereocenters. The highest BCUT2D eigenvalue weighted by Gasteiger charge is 2.28. The minimum atomic E-state index is -4.71. The number of carboxylic acids is 1. The van der Waals surface area contributed by atoms with Crippen LogP contribution in [0, 0.1) is 0 Å². The van der Waals surface area contributed by atoms with Gasteiger partial charge in [0.1, 0.15) is 12.6 Å². The lowest BCUT2D eigenvalue weighted by Gasteiger charge is -2.20. The standard InChI is InChI=1S/C41H76NO10P/c1-3-5-7-9-11-13-15-17-19-21-23-25-27-29-31-33-40(44)52-37(35-50-53(47,48)51-36-38(42)41(45)46)34-49-39(43)32-30-28-26-24-22-20-18-16-14-12-10-8-6-4-2/h9,11,16,18,37-38H,3-8,10,12-15,17,19-36,42H2,1-2H3,(H,45,46)(H,47,48)/b11-9+,18-16+/t37-,38+/m1/s1. The van der Waals surface area contributed by atoms with Crippen molar-refractivity contribution in [3.8, 4) is 0 Å². The third kappa shape index (κ3) is 36.7. The van der Waals surface area contributed by atoms with Gasteiger partial charge >= 0.3 is 25.7 Å². The van der Waals surface area contributed by atoms with Crippen LogP contribution in [0.15, 0.2) is 24.3 Å². The van der Waals surface area contributed by atoms with Crippen LogP contribution in [-0.2, 0) is 37.5 Å². The van der Waals surface area contributed by atoms with E-state index in [4.69, 9.17) is 24.8 Å². The molecule has 0 bridgehead atoms. The molecular formula is C41H76NO10P. The predicted octanol–water partition coefficient (Wildman–Crippen LogP) is 10.7. The molecule has 0 heterocycles. The second-order valence-electron chi connectivity index (χ2n) is 14.1. The Hall–Kier alpha value is -2.04. The molecule has 12 heteroatoms. The summed E-state index contributed by atoms with van der Waals surface area (Å²) in [6, 6.07) is -1.52. The van der Waals surface area contributed by atoms with Gasteiger partial charge in [-0.3, -0.25) is 23.4 Å². The topological polar surface area (TPSA) is 172 Å². The Labute approximate surface area is 321 Å². The fourth-order valence-electron chi connectivity index (χ4n) is 5.57. The molecule has 0 fully saturated rings. The van der Waals surface area contributed by atoms with E-state index in [0.29, 0.717) is 12.8 Å². The van der Waals surface area contributed by atoms with Crippen LogP contribution in [0.2, 0.25) is 0 Å². The van der Waals surface area contributed by atoms with E-state index in [9.17, 15) is 23.8 Å². The molecule has 0 rings (SSSR count). The number of hydrogen-bond donors (Lipinski definition) is 3. The molecule has 0 radical (unpaired) electrons. The van der Waals surface area contributed by atoms with Crippen LogP contribution >= 0.6 is 7.82 Å². The van der Waals surface area contributed by atoms with Crippen LogP contribution < -0.4 is 5.73 Å². The fourth-order valence-corrected chi connectivity index (χ4v) is 6.35. The molecule has 0 spiro atoms. The fraction of sp³-hybridized carbons (Fsp3) is 0.829. The average molecular weight is 774 g/mol. The maximum Gasteiger partial charge on any atom is 0.472 e.